The van der Waals surface area contributed by atoms with Crippen LogP contribution in [-0.4, -0.2) is 67.2 Å². The van der Waals surface area contributed by atoms with Crippen LogP contribution in [0.2, 0.25) is 10.0 Å². The summed E-state index contributed by atoms with van der Waals surface area (Å²) in [5.41, 5.74) is -0.600. The first-order valence-electron chi connectivity index (χ1n) is 15.8. The summed E-state index contributed by atoms with van der Waals surface area (Å²) < 4.78 is 103. The third-order valence-electron chi connectivity index (χ3n) is 7.71. The van der Waals surface area contributed by atoms with Crippen LogP contribution in [0.15, 0.2) is 72.8 Å². The number of nitrogens with one attached hydrogen (secondary N) is 4. The number of methoxy groups -OCH3 is 1. The molecule has 10 nitrogen and oxygen atoms in total. The Morgan fingerprint density at radius 1 is 0.741 bits per heavy atom. The SMILES string of the molecule is COc1ccc(C(NC(=O)C(Cc2cccc(Cl)c2)NC(=O)C(F)(F)c2cccc(Cl)c2)C(=O)NC(C(=O)C(F)(F)C(=O)NCC(F)(F)F)C(C)C)cc1. The minimum atomic E-state index is -5.08. The molecule has 0 fully saturated rings. The first-order chi connectivity index (χ1) is 25.1. The average Bonchev–Trinajstić information content (AvgIpc) is 3.10. The lowest BCUT2D eigenvalue weighted by atomic mass is 9.94. The highest BCUT2D eigenvalue weighted by Gasteiger charge is 2.52. The van der Waals surface area contributed by atoms with Gasteiger partial charge in [0.05, 0.1) is 13.2 Å². The van der Waals surface area contributed by atoms with Gasteiger partial charge in [-0.2, -0.15) is 30.7 Å². The Balaban J connectivity index is 2.00. The molecule has 3 aromatic rings. The van der Waals surface area contributed by atoms with E-state index in [2.05, 4.69) is 5.32 Å². The van der Waals surface area contributed by atoms with E-state index in [9.17, 15) is 45.9 Å². The van der Waals surface area contributed by atoms with Gasteiger partial charge in [-0.1, -0.05) is 73.4 Å². The molecule has 0 aliphatic carbocycles. The van der Waals surface area contributed by atoms with E-state index in [-0.39, 0.29) is 26.9 Å². The van der Waals surface area contributed by atoms with Crippen LogP contribution in [0.4, 0.5) is 30.7 Å². The quantitative estimate of drug-likeness (QED) is 0.108. The Labute approximate surface area is 314 Å². The van der Waals surface area contributed by atoms with E-state index >= 15 is 8.78 Å². The van der Waals surface area contributed by atoms with Crippen molar-refractivity contribution in [1.82, 2.24) is 21.3 Å². The van der Waals surface area contributed by atoms with Gasteiger partial charge in [0, 0.05) is 22.0 Å². The number of alkyl halides is 7. The topological polar surface area (TPSA) is 143 Å². The molecule has 3 unspecified atom stereocenters. The number of ether oxygens (including phenoxy) is 1. The summed E-state index contributed by atoms with van der Waals surface area (Å²) >= 11 is 11.9. The average molecular weight is 810 g/mol. The van der Waals surface area contributed by atoms with Gasteiger partial charge in [-0.05, 0) is 53.4 Å². The van der Waals surface area contributed by atoms with Crippen molar-refractivity contribution in [3.8, 4) is 5.75 Å². The molecule has 4 amide bonds. The van der Waals surface area contributed by atoms with E-state index in [0.717, 1.165) is 17.4 Å². The molecule has 0 saturated carbocycles. The zero-order valence-electron chi connectivity index (χ0n) is 28.5. The molecule has 4 N–H and O–H groups in total. The minimum Gasteiger partial charge on any atom is -0.497 e. The maximum atomic E-state index is 15.4. The largest absolute Gasteiger partial charge is 0.497 e. The Bertz CT molecular complexity index is 1840. The van der Waals surface area contributed by atoms with Gasteiger partial charge < -0.3 is 26.0 Å². The smallest absolute Gasteiger partial charge is 0.405 e. The predicted octanol–water partition coefficient (Wildman–Crippen LogP) is 5.70. The fourth-order valence-electron chi connectivity index (χ4n) is 4.88. The van der Waals surface area contributed by atoms with Crippen LogP contribution in [0.1, 0.15) is 36.6 Å². The third-order valence-corrected chi connectivity index (χ3v) is 8.18. The number of hydrogen-bond donors (Lipinski definition) is 4. The summed E-state index contributed by atoms with van der Waals surface area (Å²) in [6, 6.07) is 9.27. The minimum absolute atomic E-state index is 0.0663. The molecule has 0 saturated heterocycles. The van der Waals surface area contributed by atoms with Crippen LogP contribution in [0.5, 0.6) is 5.75 Å². The van der Waals surface area contributed by atoms with Gasteiger partial charge >= 0.3 is 18.0 Å². The van der Waals surface area contributed by atoms with Crippen LogP contribution in [0, 0.1) is 5.92 Å². The van der Waals surface area contributed by atoms with Crippen molar-refractivity contribution in [3.63, 3.8) is 0 Å². The van der Waals surface area contributed by atoms with E-state index in [1.54, 1.807) is 0 Å². The van der Waals surface area contributed by atoms with Crippen LogP contribution in [0.25, 0.3) is 0 Å². The van der Waals surface area contributed by atoms with E-state index in [4.69, 9.17) is 27.9 Å². The fraction of sp³-hybridized carbons (Fsp3) is 0.343. The first kappa shape index (κ1) is 43.5. The summed E-state index contributed by atoms with van der Waals surface area (Å²) in [6.45, 7) is 0.200. The lowest BCUT2D eigenvalue weighted by Gasteiger charge is -2.29. The van der Waals surface area contributed by atoms with Gasteiger partial charge in [0.2, 0.25) is 17.6 Å². The van der Waals surface area contributed by atoms with E-state index in [1.807, 2.05) is 10.6 Å². The maximum absolute atomic E-state index is 15.4. The summed E-state index contributed by atoms with van der Waals surface area (Å²) in [6.07, 6.45) is -5.55. The molecule has 292 valence electrons. The number of Topliss-reactive ketones (excluding diaryl/α,β-unsaturated/α-hetero) is 1. The number of rotatable bonds is 16. The third kappa shape index (κ3) is 11.5. The zero-order valence-corrected chi connectivity index (χ0v) is 30.0. The van der Waals surface area contributed by atoms with Crippen LogP contribution >= 0.6 is 23.2 Å². The molecule has 0 heterocycles. The summed E-state index contributed by atoms with van der Waals surface area (Å²) in [5, 5.41) is 7.28. The number of amides is 4. The second-order valence-corrected chi connectivity index (χ2v) is 13.0. The Hall–Kier alpha value is -4.90. The van der Waals surface area contributed by atoms with Crippen LogP contribution in [0.3, 0.4) is 0 Å². The van der Waals surface area contributed by atoms with E-state index in [0.29, 0.717) is 0 Å². The molecule has 3 atom stereocenters. The van der Waals surface area contributed by atoms with Crippen molar-refractivity contribution >= 4 is 52.6 Å². The Kier molecular flexibility index (Phi) is 14.5. The molecular formula is C35H33Cl2F7N4O6. The highest BCUT2D eigenvalue weighted by atomic mass is 35.5. The normalized spacial score (nSPS) is 13.6. The number of carbonyl (C=O) groups excluding carboxylic acids is 5. The highest BCUT2D eigenvalue weighted by Crippen LogP contribution is 2.31. The molecule has 0 aromatic heterocycles. The molecule has 0 aliphatic rings. The molecule has 3 rings (SSSR count). The molecule has 3 aromatic carbocycles. The highest BCUT2D eigenvalue weighted by molar-refractivity contribution is 6.31. The molecule has 0 spiro atoms. The molecule has 0 radical (unpaired) electrons. The number of hydrogen-bond acceptors (Lipinski definition) is 6. The van der Waals surface area contributed by atoms with Crippen LogP contribution in [-0.2, 0) is 36.3 Å². The van der Waals surface area contributed by atoms with Crippen molar-refractivity contribution in [2.75, 3.05) is 13.7 Å². The molecule has 0 aliphatic heterocycles. The standard InChI is InChI=1S/C35H33Cl2F7N4O6/c1-18(2)26(28(49)35(43,44)31(52)45-17-33(38,39)40)47-30(51)27(20-10-12-24(54-3)13-11-20)48-29(50)25(15-19-6-4-8-22(36)14-19)46-32(53)34(41,42)21-7-5-9-23(37)16-21/h4-14,16,18,25-27H,15,17H2,1-3H3,(H,45,52)(H,46,53)(H,47,51)(H,48,50). The summed E-state index contributed by atoms with van der Waals surface area (Å²) in [4.78, 5) is 65.6. The lowest BCUT2D eigenvalue weighted by molar-refractivity contribution is -0.165. The van der Waals surface area contributed by atoms with Gasteiger partial charge in [0.25, 0.3) is 11.8 Å². The second kappa shape index (κ2) is 18.0. The van der Waals surface area contributed by atoms with Gasteiger partial charge in [-0.3, -0.25) is 24.0 Å². The Morgan fingerprint density at radius 3 is 1.87 bits per heavy atom. The number of halogens is 9. The number of carbonyl (C=O) groups is 5. The van der Waals surface area contributed by atoms with Crippen molar-refractivity contribution in [1.29, 1.82) is 0 Å². The number of ketones is 1. The summed E-state index contributed by atoms with van der Waals surface area (Å²) in [7, 11) is 1.31. The Morgan fingerprint density at radius 2 is 1.33 bits per heavy atom. The van der Waals surface area contributed by atoms with Crippen molar-refractivity contribution < 1.29 is 59.4 Å². The molecule has 19 heteroatoms. The van der Waals surface area contributed by atoms with Gasteiger partial charge in [-0.15, -0.1) is 0 Å². The fourth-order valence-corrected chi connectivity index (χ4v) is 5.29. The molecule has 0 bridgehead atoms. The predicted molar refractivity (Wildman–Crippen MR) is 182 cm³/mol. The zero-order chi connectivity index (χ0) is 40.6. The van der Waals surface area contributed by atoms with E-state index < -0.39 is 90.0 Å². The summed E-state index contributed by atoms with van der Waals surface area (Å²) in [5.74, 6) is -19.6. The lowest BCUT2D eigenvalue weighted by Crippen LogP contribution is -2.59. The van der Waals surface area contributed by atoms with Crippen molar-refractivity contribution in [2.24, 2.45) is 5.92 Å². The van der Waals surface area contributed by atoms with Crippen molar-refractivity contribution in [2.45, 2.75) is 56.4 Å². The maximum Gasteiger partial charge on any atom is 0.405 e. The number of benzene rings is 3. The van der Waals surface area contributed by atoms with Crippen molar-refractivity contribution in [3.05, 3.63) is 99.5 Å². The monoisotopic (exact) mass is 808 g/mol. The second-order valence-electron chi connectivity index (χ2n) is 12.1. The first-order valence-corrected chi connectivity index (χ1v) is 16.5. The van der Waals surface area contributed by atoms with Gasteiger partial charge in [0.15, 0.2) is 0 Å². The van der Waals surface area contributed by atoms with E-state index in [1.165, 1.54) is 81.6 Å². The van der Waals surface area contributed by atoms with Gasteiger partial charge in [-0.25, -0.2) is 0 Å². The molecular weight excluding hydrogens is 776 g/mol. The molecule has 54 heavy (non-hydrogen) atoms. The van der Waals surface area contributed by atoms with Gasteiger partial charge in [0.1, 0.15) is 24.4 Å². The van der Waals surface area contributed by atoms with Crippen LogP contribution < -0.4 is 26.0 Å².